The zero-order valence-electron chi connectivity index (χ0n) is 14.8. The van der Waals surface area contributed by atoms with Crippen LogP contribution in [0.5, 0.6) is 0 Å². The van der Waals surface area contributed by atoms with Gasteiger partial charge in [0.2, 0.25) is 11.8 Å². The predicted octanol–water partition coefficient (Wildman–Crippen LogP) is 1.62. The van der Waals surface area contributed by atoms with E-state index in [1.165, 1.54) is 6.92 Å². The van der Waals surface area contributed by atoms with Crippen molar-refractivity contribution in [2.45, 2.75) is 33.4 Å². The summed E-state index contributed by atoms with van der Waals surface area (Å²) in [4.78, 5) is 30.2. The number of nitrogens with zero attached hydrogens (tertiary/aromatic N) is 4. The van der Waals surface area contributed by atoms with Crippen molar-refractivity contribution >= 4 is 11.8 Å². The summed E-state index contributed by atoms with van der Waals surface area (Å²) in [6, 6.07) is 9.67. The Labute approximate surface area is 147 Å². The van der Waals surface area contributed by atoms with E-state index in [0.717, 1.165) is 11.4 Å². The summed E-state index contributed by atoms with van der Waals surface area (Å²) in [6.45, 7) is 6.71. The van der Waals surface area contributed by atoms with Crippen molar-refractivity contribution in [1.82, 2.24) is 25.0 Å². The highest BCUT2D eigenvalue weighted by Gasteiger charge is 2.35. The lowest BCUT2D eigenvalue weighted by Crippen LogP contribution is -2.48. The number of fused-ring (bicyclic) bond motifs is 1. The van der Waals surface area contributed by atoms with Crippen molar-refractivity contribution < 1.29 is 9.59 Å². The molecular formula is C18H23N5O2. The Morgan fingerprint density at radius 1 is 1.24 bits per heavy atom. The third-order valence-electron chi connectivity index (χ3n) is 4.33. The fraction of sp³-hybridized carbons (Fsp3) is 0.444. The molecule has 3 rings (SSSR count). The number of hydrogen-bond acceptors (Lipinski definition) is 4. The van der Waals surface area contributed by atoms with Crippen LogP contribution in [0.1, 0.15) is 32.6 Å². The standard InChI is InChI=1S/C18H23N5O2/c1-12(2)16-18-20-17(14-7-5-4-6-8-14)21-23(18)10-9-22(16)15(25)11-19-13(3)24/h4-8,12,16H,9-11H2,1-3H3,(H,19,24)/t16-/m0/s1. The Kier molecular flexibility index (Phi) is 4.83. The molecule has 1 aliphatic heterocycles. The van der Waals surface area contributed by atoms with E-state index >= 15 is 0 Å². The largest absolute Gasteiger partial charge is 0.347 e. The number of carbonyl (C=O) groups excluding carboxylic acids is 2. The second kappa shape index (κ2) is 7.04. The molecule has 0 bridgehead atoms. The highest BCUT2D eigenvalue weighted by molar-refractivity contribution is 5.84. The number of benzene rings is 1. The Hall–Kier alpha value is -2.70. The van der Waals surface area contributed by atoms with Crippen LogP contribution in [-0.2, 0) is 16.1 Å². The van der Waals surface area contributed by atoms with E-state index in [4.69, 9.17) is 4.98 Å². The molecular weight excluding hydrogens is 318 g/mol. The van der Waals surface area contributed by atoms with Gasteiger partial charge < -0.3 is 10.2 Å². The Bertz CT molecular complexity index is 769. The maximum atomic E-state index is 12.6. The highest BCUT2D eigenvalue weighted by atomic mass is 16.2. The average molecular weight is 341 g/mol. The van der Waals surface area contributed by atoms with Crippen molar-refractivity contribution in [1.29, 1.82) is 0 Å². The number of nitrogens with one attached hydrogen (secondary N) is 1. The molecule has 0 unspecified atom stereocenters. The Morgan fingerprint density at radius 2 is 1.96 bits per heavy atom. The van der Waals surface area contributed by atoms with Crippen LogP contribution in [0.2, 0.25) is 0 Å². The first kappa shape index (κ1) is 17.1. The van der Waals surface area contributed by atoms with Crippen molar-refractivity contribution in [2.24, 2.45) is 5.92 Å². The molecule has 0 radical (unpaired) electrons. The lowest BCUT2D eigenvalue weighted by Gasteiger charge is -2.37. The lowest BCUT2D eigenvalue weighted by atomic mass is 9.99. The SMILES string of the molecule is CC(=O)NCC(=O)N1CCn2nc(-c3ccccc3)nc2[C@@H]1C(C)C. The van der Waals surface area contributed by atoms with E-state index < -0.39 is 0 Å². The van der Waals surface area contributed by atoms with Gasteiger partial charge >= 0.3 is 0 Å². The van der Waals surface area contributed by atoms with Crippen LogP contribution >= 0.6 is 0 Å². The molecule has 1 aromatic heterocycles. The summed E-state index contributed by atoms with van der Waals surface area (Å²) in [6.07, 6.45) is 0. The summed E-state index contributed by atoms with van der Waals surface area (Å²) >= 11 is 0. The number of rotatable bonds is 4. The van der Waals surface area contributed by atoms with Gasteiger partial charge in [0.25, 0.3) is 0 Å². The third kappa shape index (κ3) is 3.55. The molecule has 1 atom stereocenters. The van der Waals surface area contributed by atoms with Crippen LogP contribution in [0.15, 0.2) is 30.3 Å². The molecule has 0 fully saturated rings. The van der Waals surface area contributed by atoms with Gasteiger partial charge in [0.1, 0.15) is 0 Å². The van der Waals surface area contributed by atoms with E-state index in [-0.39, 0.29) is 30.3 Å². The van der Waals surface area contributed by atoms with Gasteiger partial charge in [-0.25, -0.2) is 9.67 Å². The summed E-state index contributed by atoms with van der Waals surface area (Å²) in [7, 11) is 0. The van der Waals surface area contributed by atoms with Crippen LogP contribution < -0.4 is 5.32 Å². The van der Waals surface area contributed by atoms with E-state index in [2.05, 4.69) is 24.3 Å². The summed E-state index contributed by atoms with van der Waals surface area (Å²) in [5, 5.41) is 7.20. The molecule has 2 heterocycles. The molecule has 1 aromatic carbocycles. The summed E-state index contributed by atoms with van der Waals surface area (Å²) in [5.41, 5.74) is 0.961. The van der Waals surface area contributed by atoms with E-state index in [9.17, 15) is 9.59 Å². The van der Waals surface area contributed by atoms with Gasteiger partial charge in [0, 0.05) is 19.0 Å². The second-order valence-electron chi connectivity index (χ2n) is 6.57. The first-order valence-corrected chi connectivity index (χ1v) is 8.51. The van der Waals surface area contributed by atoms with Gasteiger partial charge in [0.05, 0.1) is 19.1 Å². The van der Waals surface area contributed by atoms with Crippen molar-refractivity contribution in [3.8, 4) is 11.4 Å². The van der Waals surface area contributed by atoms with Crippen molar-refractivity contribution in [3.05, 3.63) is 36.2 Å². The first-order valence-electron chi connectivity index (χ1n) is 8.51. The van der Waals surface area contributed by atoms with Gasteiger partial charge in [0.15, 0.2) is 11.6 Å². The maximum absolute atomic E-state index is 12.6. The molecule has 0 aliphatic carbocycles. The van der Waals surface area contributed by atoms with Crippen molar-refractivity contribution in [3.63, 3.8) is 0 Å². The molecule has 0 spiro atoms. The molecule has 7 nitrogen and oxygen atoms in total. The monoisotopic (exact) mass is 341 g/mol. The third-order valence-corrected chi connectivity index (χ3v) is 4.33. The fourth-order valence-electron chi connectivity index (χ4n) is 3.17. The highest BCUT2D eigenvalue weighted by Crippen LogP contribution is 2.32. The minimum absolute atomic E-state index is 0.0121. The molecule has 0 saturated heterocycles. The molecule has 132 valence electrons. The Morgan fingerprint density at radius 3 is 2.60 bits per heavy atom. The van der Waals surface area contributed by atoms with Crippen LogP contribution in [0.25, 0.3) is 11.4 Å². The number of amides is 2. The summed E-state index contributed by atoms with van der Waals surface area (Å²) in [5.74, 6) is 1.37. The van der Waals surface area contributed by atoms with E-state index in [1.54, 1.807) is 4.90 Å². The molecule has 1 aliphatic rings. The van der Waals surface area contributed by atoms with Gasteiger partial charge in [-0.1, -0.05) is 44.2 Å². The van der Waals surface area contributed by atoms with Crippen LogP contribution in [0, 0.1) is 5.92 Å². The maximum Gasteiger partial charge on any atom is 0.242 e. The fourth-order valence-corrected chi connectivity index (χ4v) is 3.17. The normalized spacial score (nSPS) is 16.6. The number of carbonyl (C=O) groups is 2. The second-order valence-corrected chi connectivity index (χ2v) is 6.57. The lowest BCUT2D eigenvalue weighted by molar-refractivity contribution is -0.136. The zero-order chi connectivity index (χ0) is 18.0. The smallest absolute Gasteiger partial charge is 0.242 e. The number of aromatic nitrogens is 3. The van der Waals surface area contributed by atoms with Gasteiger partial charge in [-0.15, -0.1) is 0 Å². The van der Waals surface area contributed by atoms with E-state index in [0.29, 0.717) is 18.9 Å². The topological polar surface area (TPSA) is 80.1 Å². The number of hydrogen-bond donors (Lipinski definition) is 1. The molecule has 2 aromatic rings. The Balaban J connectivity index is 1.90. The minimum atomic E-state index is -0.207. The van der Waals surface area contributed by atoms with Crippen LogP contribution in [0.4, 0.5) is 0 Å². The zero-order valence-corrected chi connectivity index (χ0v) is 14.8. The molecule has 7 heteroatoms. The summed E-state index contributed by atoms with van der Waals surface area (Å²) < 4.78 is 1.90. The van der Waals surface area contributed by atoms with Gasteiger partial charge in [-0.3, -0.25) is 9.59 Å². The van der Waals surface area contributed by atoms with Gasteiger partial charge in [-0.05, 0) is 5.92 Å². The van der Waals surface area contributed by atoms with Gasteiger partial charge in [-0.2, -0.15) is 5.10 Å². The predicted molar refractivity (Wildman–Crippen MR) is 93.4 cm³/mol. The molecule has 0 saturated carbocycles. The van der Waals surface area contributed by atoms with E-state index in [1.807, 2.05) is 35.0 Å². The average Bonchev–Trinajstić information content (AvgIpc) is 3.03. The first-order chi connectivity index (χ1) is 12.0. The molecule has 25 heavy (non-hydrogen) atoms. The minimum Gasteiger partial charge on any atom is -0.347 e. The van der Waals surface area contributed by atoms with Crippen molar-refractivity contribution in [2.75, 3.05) is 13.1 Å². The van der Waals surface area contributed by atoms with Crippen LogP contribution in [0.3, 0.4) is 0 Å². The molecule has 2 amide bonds. The quantitative estimate of drug-likeness (QED) is 0.916. The van der Waals surface area contributed by atoms with Crippen LogP contribution in [-0.4, -0.2) is 44.6 Å². The molecule has 1 N–H and O–H groups in total.